The zero-order valence-corrected chi connectivity index (χ0v) is 19.8. The van der Waals surface area contributed by atoms with Crippen molar-refractivity contribution < 1.29 is 17.9 Å². The number of benzene rings is 3. The molecule has 4 rings (SSSR count). The number of halogens is 1. The first-order valence-electron chi connectivity index (χ1n) is 10.2. The normalized spacial score (nSPS) is 12.3. The third-order valence-electron chi connectivity index (χ3n) is 5.20. The Bertz CT molecular complexity index is 1550. The maximum Gasteiger partial charge on any atom is 0.338 e. The van der Waals surface area contributed by atoms with Crippen LogP contribution in [0.15, 0.2) is 82.5 Å². The third kappa shape index (κ3) is 4.66. The smallest absolute Gasteiger partial charge is 0.338 e. The quantitative estimate of drug-likeness (QED) is 0.397. The molecule has 1 unspecified atom stereocenters. The summed E-state index contributed by atoms with van der Waals surface area (Å²) in [6.07, 6.45) is -0.876. The van der Waals surface area contributed by atoms with Crippen LogP contribution in [0.1, 0.15) is 29.2 Å². The number of hydrogen-bond acceptors (Lipinski definition) is 6. The number of ether oxygens (including phenoxy) is 1. The molecule has 1 heterocycles. The second-order valence-corrected chi connectivity index (χ2v) is 9.90. The summed E-state index contributed by atoms with van der Waals surface area (Å²) in [6, 6.07) is 18.8. The molecular weight excluding hydrogens is 478 g/mol. The van der Waals surface area contributed by atoms with Crippen LogP contribution in [0.5, 0.6) is 0 Å². The number of H-pyrrole nitrogens is 1. The highest BCUT2D eigenvalue weighted by atomic mass is 35.5. The zero-order valence-electron chi connectivity index (χ0n) is 18.2. The topological polar surface area (TPSA) is 109 Å². The molecule has 4 aromatic rings. The van der Waals surface area contributed by atoms with E-state index in [1.807, 2.05) is 0 Å². The van der Waals surface area contributed by atoms with E-state index in [9.17, 15) is 18.0 Å². The fourth-order valence-corrected chi connectivity index (χ4v) is 4.75. The Labute approximate surface area is 200 Å². The predicted molar refractivity (Wildman–Crippen MR) is 130 cm³/mol. The molecule has 0 bridgehead atoms. The SMILES string of the molecule is CC(OC(=O)c1cccc(S(=O)(=O)N(C)c2cccc(Cl)c2)c1)c1nc2ccccc2c(=O)[nH]1. The van der Waals surface area contributed by atoms with Gasteiger partial charge in [0.2, 0.25) is 0 Å². The van der Waals surface area contributed by atoms with Crippen LogP contribution < -0.4 is 9.86 Å². The molecule has 0 spiro atoms. The second kappa shape index (κ2) is 9.28. The molecule has 0 saturated carbocycles. The molecule has 1 N–H and O–H groups in total. The summed E-state index contributed by atoms with van der Waals surface area (Å²) in [7, 11) is -2.57. The monoisotopic (exact) mass is 497 g/mol. The van der Waals surface area contributed by atoms with Gasteiger partial charge < -0.3 is 9.72 Å². The molecule has 10 heteroatoms. The predicted octanol–water partition coefficient (Wildman–Crippen LogP) is 4.32. The number of carbonyl (C=O) groups excluding carboxylic acids is 1. The van der Waals surface area contributed by atoms with Gasteiger partial charge in [-0.05, 0) is 55.5 Å². The van der Waals surface area contributed by atoms with Gasteiger partial charge in [-0.3, -0.25) is 9.10 Å². The summed E-state index contributed by atoms with van der Waals surface area (Å²) in [5.41, 5.74) is 0.540. The van der Waals surface area contributed by atoms with Crippen molar-refractivity contribution in [3.63, 3.8) is 0 Å². The minimum Gasteiger partial charge on any atom is -0.451 e. The van der Waals surface area contributed by atoms with Gasteiger partial charge in [-0.25, -0.2) is 18.2 Å². The lowest BCUT2D eigenvalue weighted by molar-refractivity contribution is 0.0319. The Balaban J connectivity index is 1.58. The van der Waals surface area contributed by atoms with E-state index in [0.29, 0.717) is 21.6 Å². The molecule has 3 aromatic carbocycles. The molecule has 1 aromatic heterocycles. The van der Waals surface area contributed by atoms with Crippen LogP contribution >= 0.6 is 11.6 Å². The standard InChI is InChI=1S/C24H20ClN3O5S/c1-15(22-26-21-12-4-3-11-20(21)23(29)27-22)33-24(30)16-7-5-10-19(13-16)34(31,32)28(2)18-9-6-8-17(25)14-18/h3-15H,1-2H3,(H,26,27,29). The van der Waals surface area contributed by atoms with E-state index < -0.39 is 22.1 Å². The Hall–Kier alpha value is -3.69. The highest BCUT2D eigenvalue weighted by molar-refractivity contribution is 7.92. The fourth-order valence-electron chi connectivity index (χ4n) is 3.33. The van der Waals surface area contributed by atoms with E-state index in [0.717, 1.165) is 4.31 Å². The lowest BCUT2D eigenvalue weighted by atomic mass is 10.2. The Morgan fingerprint density at radius 3 is 2.56 bits per heavy atom. The number of aromatic amines is 1. The molecule has 0 aliphatic carbocycles. The lowest BCUT2D eigenvalue weighted by Gasteiger charge is -2.20. The van der Waals surface area contributed by atoms with Crippen molar-refractivity contribution in [1.29, 1.82) is 0 Å². The van der Waals surface area contributed by atoms with Gasteiger partial charge in [0.05, 0.1) is 27.0 Å². The van der Waals surface area contributed by atoms with Gasteiger partial charge >= 0.3 is 5.97 Å². The number of sulfonamides is 1. The van der Waals surface area contributed by atoms with Gasteiger partial charge in [0.1, 0.15) is 0 Å². The Morgan fingerprint density at radius 1 is 1.06 bits per heavy atom. The van der Waals surface area contributed by atoms with Crippen molar-refractivity contribution in [3.05, 3.63) is 99.6 Å². The lowest BCUT2D eigenvalue weighted by Crippen LogP contribution is -2.26. The minimum absolute atomic E-state index is 0.0376. The molecule has 1 atom stereocenters. The third-order valence-corrected chi connectivity index (χ3v) is 7.22. The van der Waals surface area contributed by atoms with Gasteiger partial charge in [0.15, 0.2) is 11.9 Å². The van der Waals surface area contributed by atoms with Crippen LogP contribution in [0, 0.1) is 0 Å². The van der Waals surface area contributed by atoms with Crippen molar-refractivity contribution >= 4 is 44.2 Å². The summed E-state index contributed by atoms with van der Waals surface area (Å²) in [5.74, 6) is -0.577. The molecule has 0 saturated heterocycles. The first-order valence-corrected chi connectivity index (χ1v) is 12.0. The minimum atomic E-state index is -3.97. The number of hydrogen-bond donors (Lipinski definition) is 1. The van der Waals surface area contributed by atoms with Crippen LogP contribution in [-0.2, 0) is 14.8 Å². The molecule has 174 valence electrons. The first-order chi connectivity index (χ1) is 16.2. The number of aromatic nitrogens is 2. The molecule has 34 heavy (non-hydrogen) atoms. The van der Waals surface area contributed by atoms with Crippen molar-refractivity contribution in [1.82, 2.24) is 9.97 Å². The number of carbonyl (C=O) groups is 1. The molecule has 0 amide bonds. The fraction of sp³-hybridized carbons (Fsp3) is 0.125. The molecule has 0 aliphatic rings. The number of para-hydroxylation sites is 1. The van der Waals surface area contributed by atoms with E-state index in [-0.39, 0.29) is 21.8 Å². The van der Waals surface area contributed by atoms with E-state index in [1.165, 1.54) is 37.4 Å². The van der Waals surface area contributed by atoms with Gasteiger partial charge in [0.25, 0.3) is 15.6 Å². The summed E-state index contributed by atoms with van der Waals surface area (Å²) < 4.78 is 32.7. The molecule has 0 radical (unpaired) electrons. The highest BCUT2D eigenvalue weighted by Crippen LogP contribution is 2.25. The summed E-state index contributed by atoms with van der Waals surface area (Å²) in [4.78, 5) is 32.0. The van der Waals surface area contributed by atoms with Crippen LogP contribution in [0.4, 0.5) is 5.69 Å². The molecule has 0 aliphatic heterocycles. The van der Waals surface area contributed by atoms with Gasteiger partial charge in [-0.15, -0.1) is 0 Å². The maximum absolute atomic E-state index is 13.1. The van der Waals surface area contributed by atoms with Crippen LogP contribution in [-0.4, -0.2) is 31.4 Å². The summed E-state index contributed by atoms with van der Waals surface area (Å²) in [6.45, 7) is 1.57. The molecular formula is C24H20ClN3O5S. The van der Waals surface area contributed by atoms with E-state index >= 15 is 0 Å². The zero-order chi connectivity index (χ0) is 24.5. The second-order valence-electron chi connectivity index (χ2n) is 7.50. The number of rotatable bonds is 6. The van der Waals surface area contributed by atoms with Gasteiger partial charge in [-0.2, -0.15) is 0 Å². The van der Waals surface area contributed by atoms with Crippen molar-refractivity contribution in [2.24, 2.45) is 0 Å². The van der Waals surface area contributed by atoms with E-state index in [1.54, 1.807) is 49.4 Å². The number of nitrogens with zero attached hydrogens (tertiary/aromatic N) is 2. The van der Waals surface area contributed by atoms with Gasteiger partial charge in [0, 0.05) is 12.1 Å². The largest absolute Gasteiger partial charge is 0.451 e. The highest BCUT2D eigenvalue weighted by Gasteiger charge is 2.24. The number of fused-ring (bicyclic) bond motifs is 1. The van der Waals surface area contributed by atoms with Crippen molar-refractivity contribution in [3.8, 4) is 0 Å². The Morgan fingerprint density at radius 2 is 1.79 bits per heavy atom. The van der Waals surface area contributed by atoms with Crippen molar-refractivity contribution in [2.75, 3.05) is 11.4 Å². The van der Waals surface area contributed by atoms with Crippen LogP contribution in [0.3, 0.4) is 0 Å². The Kier molecular flexibility index (Phi) is 6.41. The number of nitrogens with one attached hydrogen (secondary N) is 1. The molecule has 0 fully saturated rings. The van der Waals surface area contributed by atoms with Crippen LogP contribution in [0.25, 0.3) is 10.9 Å². The number of anilines is 1. The summed E-state index contributed by atoms with van der Waals surface area (Å²) in [5, 5.41) is 0.817. The first kappa shape index (κ1) is 23.5. The van der Waals surface area contributed by atoms with E-state index in [2.05, 4.69) is 9.97 Å². The maximum atomic E-state index is 13.1. The average Bonchev–Trinajstić information content (AvgIpc) is 2.83. The summed E-state index contributed by atoms with van der Waals surface area (Å²) >= 11 is 5.98. The number of esters is 1. The van der Waals surface area contributed by atoms with Crippen molar-refractivity contribution in [2.45, 2.75) is 17.9 Å². The van der Waals surface area contributed by atoms with Crippen LogP contribution in [0.2, 0.25) is 5.02 Å². The molecule has 8 nitrogen and oxygen atoms in total. The average molecular weight is 498 g/mol. The van der Waals surface area contributed by atoms with Gasteiger partial charge in [-0.1, -0.05) is 35.9 Å². The van der Waals surface area contributed by atoms with E-state index in [4.69, 9.17) is 16.3 Å².